The van der Waals surface area contributed by atoms with Crippen LogP contribution in [0.5, 0.6) is 0 Å². The summed E-state index contributed by atoms with van der Waals surface area (Å²) in [6.45, 7) is 0.177. The third-order valence-electron chi connectivity index (χ3n) is 7.46. The highest BCUT2D eigenvalue weighted by Crippen LogP contribution is 2.33. The Hall–Kier alpha value is -5.08. The van der Waals surface area contributed by atoms with Crippen LogP contribution < -0.4 is 5.73 Å². The van der Waals surface area contributed by atoms with E-state index >= 15 is 4.39 Å². The fourth-order valence-electron chi connectivity index (χ4n) is 5.11. The van der Waals surface area contributed by atoms with Gasteiger partial charge < -0.3 is 10.6 Å². The van der Waals surface area contributed by atoms with Gasteiger partial charge in [-0.3, -0.25) is 24.1 Å². The number of benzene rings is 1. The van der Waals surface area contributed by atoms with Crippen LogP contribution in [-0.4, -0.2) is 51.4 Å². The van der Waals surface area contributed by atoms with E-state index in [2.05, 4.69) is 37.0 Å². The Morgan fingerprint density at radius 1 is 1.02 bits per heavy atom. The van der Waals surface area contributed by atoms with Crippen LogP contribution in [0.25, 0.3) is 32.8 Å². The molecule has 7 rings (SSSR count). The van der Waals surface area contributed by atoms with Gasteiger partial charge in [0.25, 0.3) is 5.91 Å². The second-order valence-electron chi connectivity index (χ2n) is 10.3. The molecule has 1 saturated carbocycles. The number of rotatable bonds is 4. The van der Waals surface area contributed by atoms with Gasteiger partial charge in [-0.1, -0.05) is 23.4 Å². The first-order valence-corrected chi connectivity index (χ1v) is 13.6. The van der Waals surface area contributed by atoms with Crippen molar-refractivity contribution in [3.8, 4) is 11.8 Å². The minimum absolute atomic E-state index is 0.0108. The molecule has 6 aromatic rings. The maximum absolute atomic E-state index is 15.3. The van der Waals surface area contributed by atoms with Crippen molar-refractivity contribution in [3.05, 3.63) is 82.3 Å². The van der Waals surface area contributed by atoms with Gasteiger partial charge in [-0.25, -0.2) is 9.37 Å². The third kappa shape index (κ3) is 4.46. The van der Waals surface area contributed by atoms with E-state index in [0.717, 1.165) is 29.4 Å². The molecular weight excluding hydrogens is 557 g/mol. The lowest BCUT2D eigenvalue weighted by Gasteiger charge is -2.23. The first kappa shape index (κ1) is 25.9. The molecule has 0 bridgehead atoms. The number of hydrogen-bond acceptors (Lipinski definition) is 7. The zero-order valence-corrected chi connectivity index (χ0v) is 23.4. The number of carbonyl (C=O) groups excluding carboxylic acids is 1. The predicted octanol–water partition coefficient (Wildman–Crippen LogP) is 4.38. The summed E-state index contributed by atoms with van der Waals surface area (Å²) in [5, 5.41) is 10.1. The Balaban J connectivity index is 1.17. The van der Waals surface area contributed by atoms with E-state index in [9.17, 15) is 4.79 Å². The Labute approximate surface area is 243 Å². The molecule has 42 heavy (non-hydrogen) atoms. The normalized spacial score (nSPS) is 13.0. The van der Waals surface area contributed by atoms with Crippen LogP contribution in [0.4, 0.5) is 10.2 Å². The number of halogens is 2. The van der Waals surface area contributed by atoms with Gasteiger partial charge in [0.2, 0.25) is 0 Å². The largest absolute Gasteiger partial charge is 0.383 e. The van der Waals surface area contributed by atoms with Crippen molar-refractivity contribution < 1.29 is 9.18 Å². The van der Waals surface area contributed by atoms with Gasteiger partial charge in [0.05, 0.1) is 62.7 Å². The molecular formula is C30H23ClFN9O. The van der Waals surface area contributed by atoms with Gasteiger partial charge in [-0.15, -0.1) is 0 Å². The molecule has 0 atom stereocenters. The number of nitrogens with two attached hydrogens (primary N) is 1. The molecule has 0 radical (unpaired) electrons. The summed E-state index contributed by atoms with van der Waals surface area (Å²) in [5.41, 5.74) is 10.6. The summed E-state index contributed by atoms with van der Waals surface area (Å²) in [6.07, 6.45) is 8.24. The highest BCUT2D eigenvalue weighted by molar-refractivity contribution is 6.31. The van der Waals surface area contributed by atoms with Crippen LogP contribution in [0, 0.1) is 17.7 Å². The smallest absolute Gasteiger partial charge is 0.257 e. The van der Waals surface area contributed by atoms with E-state index in [0.29, 0.717) is 38.1 Å². The predicted molar refractivity (Wildman–Crippen MR) is 157 cm³/mol. The van der Waals surface area contributed by atoms with Crippen LogP contribution in [0.2, 0.25) is 5.02 Å². The van der Waals surface area contributed by atoms with Crippen molar-refractivity contribution in [2.24, 2.45) is 14.1 Å². The SMILES string of the molecule is Cn1ncc2ncc(C#Cc3cnc(CN(C(=O)c4cc5c(cc4F)nc(N)c4cnn(C)c45)C4CC4)cc3Cl)cc21. The molecule has 0 spiro atoms. The molecule has 5 aromatic heterocycles. The van der Waals surface area contributed by atoms with Crippen molar-refractivity contribution >= 4 is 56.2 Å². The van der Waals surface area contributed by atoms with Gasteiger partial charge in [0, 0.05) is 49.5 Å². The summed E-state index contributed by atoms with van der Waals surface area (Å²) in [6, 6.07) is 6.38. The highest BCUT2D eigenvalue weighted by atomic mass is 35.5. The molecule has 208 valence electrons. The molecule has 5 heterocycles. The van der Waals surface area contributed by atoms with Gasteiger partial charge in [-0.05, 0) is 31.0 Å². The Kier molecular flexibility index (Phi) is 6.02. The van der Waals surface area contributed by atoms with E-state index in [1.807, 2.05) is 13.1 Å². The number of nitrogens with zero attached hydrogens (tertiary/aromatic N) is 8. The lowest BCUT2D eigenvalue weighted by atomic mass is 10.1. The zero-order valence-electron chi connectivity index (χ0n) is 22.6. The number of aryl methyl sites for hydroxylation is 2. The molecule has 1 fully saturated rings. The quantitative estimate of drug-likeness (QED) is 0.308. The number of fused-ring (bicyclic) bond motifs is 4. The molecule has 1 aliphatic rings. The van der Waals surface area contributed by atoms with Gasteiger partial charge in [0.15, 0.2) is 0 Å². The van der Waals surface area contributed by atoms with Crippen molar-refractivity contribution in [3.63, 3.8) is 0 Å². The number of hydrogen-bond donors (Lipinski definition) is 1. The van der Waals surface area contributed by atoms with Crippen molar-refractivity contribution in [1.82, 2.24) is 39.4 Å². The highest BCUT2D eigenvalue weighted by Gasteiger charge is 2.35. The summed E-state index contributed by atoms with van der Waals surface area (Å²) >= 11 is 6.58. The van der Waals surface area contributed by atoms with E-state index in [4.69, 9.17) is 17.3 Å². The number of amides is 1. The van der Waals surface area contributed by atoms with Gasteiger partial charge >= 0.3 is 0 Å². The first-order valence-electron chi connectivity index (χ1n) is 13.2. The Morgan fingerprint density at radius 2 is 1.83 bits per heavy atom. The fraction of sp³-hybridized carbons (Fsp3) is 0.200. The lowest BCUT2D eigenvalue weighted by molar-refractivity contribution is 0.0723. The zero-order chi connectivity index (χ0) is 29.1. The van der Waals surface area contributed by atoms with E-state index in [1.165, 1.54) is 12.1 Å². The molecule has 0 unspecified atom stereocenters. The van der Waals surface area contributed by atoms with Crippen molar-refractivity contribution in [2.75, 3.05) is 5.73 Å². The fourth-order valence-corrected chi connectivity index (χ4v) is 5.33. The van der Waals surface area contributed by atoms with Crippen LogP contribution in [0.3, 0.4) is 0 Å². The van der Waals surface area contributed by atoms with Crippen LogP contribution in [0.1, 0.15) is 40.0 Å². The second kappa shape index (κ2) is 9.78. The van der Waals surface area contributed by atoms with Crippen molar-refractivity contribution in [2.45, 2.75) is 25.4 Å². The number of carbonyl (C=O) groups is 1. The number of aromatic nitrogens is 7. The average molecular weight is 580 g/mol. The molecule has 0 saturated heterocycles. The molecule has 12 heteroatoms. The molecule has 10 nitrogen and oxygen atoms in total. The standard InChI is InChI=1S/C30H23ClFN9O/c1-39-27-7-16(11-35-26(27)14-37-39)3-4-17-12-34-18(8-23(17)31)15-41(19-5-6-19)30(42)20-9-21-25(10-24(20)32)38-29(33)22-13-36-40(2)28(21)22/h7-14,19H,5-6,15H2,1-2H3,(H2,33,38). The monoisotopic (exact) mass is 579 g/mol. The third-order valence-corrected chi connectivity index (χ3v) is 7.77. The number of pyridine rings is 3. The molecule has 1 aliphatic carbocycles. The van der Waals surface area contributed by atoms with Crippen molar-refractivity contribution in [1.29, 1.82) is 0 Å². The minimum Gasteiger partial charge on any atom is -0.383 e. The van der Waals surface area contributed by atoms with E-state index in [1.54, 1.807) is 52.2 Å². The lowest BCUT2D eigenvalue weighted by Crippen LogP contribution is -2.33. The number of anilines is 1. The second-order valence-corrected chi connectivity index (χ2v) is 10.8. The molecule has 1 aromatic carbocycles. The first-order chi connectivity index (χ1) is 20.3. The Bertz CT molecular complexity index is 2140. The van der Waals surface area contributed by atoms with E-state index < -0.39 is 11.7 Å². The van der Waals surface area contributed by atoms with Crippen LogP contribution in [0.15, 0.2) is 49.1 Å². The number of nitrogen functional groups attached to an aromatic ring is 1. The van der Waals surface area contributed by atoms with E-state index in [-0.39, 0.29) is 24.0 Å². The minimum atomic E-state index is -0.665. The molecule has 0 aliphatic heterocycles. The summed E-state index contributed by atoms with van der Waals surface area (Å²) in [4.78, 5) is 28.6. The molecule has 1 amide bonds. The topological polar surface area (TPSA) is 121 Å². The van der Waals surface area contributed by atoms with Crippen LogP contribution >= 0.6 is 11.6 Å². The summed E-state index contributed by atoms with van der Waals surface area (Å²) in [5.74, 6) is 5.29. The maximum atomic E-state index is 15.3. The Morgan fingerprint density at radius 3 is 2.62 bits per heavy atom. The summed E-state index contributed by atoms with van der Waals surface area (Å²) in [7, 11) is 3.61. The van der Waals surface area contributed by atoms with Gasteiger partial charge in [0.1, 0.15) is 17.2 Å². The molecule has 2 N–H and O–H groups in total. The average Bonchev–Trinajstić information content (AvgIpc) is 3.64. The van der Waals surface area contributed by atoms with Crippen LogP contribution in [-0.2, 0) is 20.6 Å². The maximum Gasteiger partial charge on any atom is 0.257 e. The van der Waals surface area contributed by atoms with Gasteiger partial charge in [-0.2, -0.15) is 10.2 Å². The summed E-state index contributed by atoms with van der Waals surface area (Å²) < 4.78 is 18.7.